The van der Waals surface area contributed by atoms with Gasteiger partial charge in [0.05, 0.1) is 0 Å². The largest absolute Gasteiger partial charge is 0.338 e. The fraction of sp³-hybridized carbons (Fsp3) is 0.455. The lowest BCUT2D eigenvalue weighted by Gasteiger charge is -2.32. The number of rotatable bonds is 6. The number of hydrogen-bond acceptors (Lipinski definition) is 7. The molecular formula is C22H30N8. The fourth-order valence-electron chi connectivity index (χ4n) is 3.82. The van der Waals surface area contributed by atoms with Gasteiger partial charge in [-0.15, -0.1) is 0 Å². The van der Waals surface area contributed by atoms with Crippen LogP contribution in [0.3, 0.4) is 0 Å². The van der Waals surface area contributed by atoms with Crippen LogP contribution in [0.15, 0.2) is 30.3 Å². The Balaban J connectivity index is 1.61. The van der Waals surface area contributed by atoms with Crippen molar-refractivity contribution in [1.82, 2.24) is 30.0 Å². The summed E-state index contributed by atoms with van der Waals surface area (Å²) in [6.45, 7) is 10.2. The molecule has 3 aromatic rings. The molecule has 158 valence electrons. The van der Waals surface area contributed by atoms with E-state index in [4.69, 9.17) is 15.0 Å². The number of nitrogens with one attached hydrogen (secondary N) is 2. The molecule has 0 spiro atoms. The lowest BCUT2D eigenvalue weighted by molar-refractivity contribution is 0.311. The van der Waals surface area contributed by atoms with Gasteiger partial charge in [0.25, 0.3) is 0 Å². The molecule has 1 fully saturated rings. The van der Waals surface area contributed by atoms with Crippen molar-refractivity contribution in [3.63, 3.8) is 0 Å². The molecule has 0 saturated carbocycles. The second-order valence-electron chi connectivity index (χ2n) is 8.19. The van der Waals surface area contributed by atoms with E-state index < -0.39 is 0 Å². The highest BCUT2D eigenvalue weighted by Crippen LogP contribution is 2.24. The van der Waals surface area contributed by atoms with Gasteiger partial charge in [0.15, 0.2) is 5.82 Å². The maximum absolute atomic E-state index is 4.84. The predicted molar refractivity (Wildman–Crippen MR) is 119 cm³/mol. The Labute approximate surface area is 177 Å². The first-order chi connectivity index (χ1) is 14.5. The van der Waals surface area contributed by atoms with Gasteiger partial charge in [-0.3, -0.25) is 5.10 Å². The molecule has 1 aliphatic rings. The predicted octanol–water partition coefficient (Wildman–Crippen LogP) is 3.05. The van der Waals surface area contributed by atoms with E-state index in [2.05, 4.69) is 70.5 Å². The number of aryl methyl sites for hydroxylation is 2. The third-order valence-corrected chi connectivity index (χ3v) is 5.61. The molecule has 30 heavy (non-hydrogen) atoms. The van der Waals surface area contributed by atoms with Gasteiger partial charge >= 0.3 is 0 Å². The molecule has 0 bridgehead atoms. The lowest BCUT2D eigenvalue weighted by atomic mass is 9.93. The average molecular weight is 407 g/mol. The van der Waals surface area contributed by atoms with Crippen LogP contribution in [-0.4, -0.2) is 63.3 Å². The maximum Gasteiger partial charge on any atom is 0.233 e. The number of hydrogen-bond donors (Lipinski definition) is 2. The molecule has 2 aromatic heterocycles. The molecule has 0 amide bonds. The summed E-state index contributed by atoms with van der Waals surface area (Å²) in [4.78, 5) is 18.8. The Morgan fingerprint density at radius 2 is 1.83 bits per heavy atom. The Hall–Kier alpha value is -3.00. The minimum Gasteiger partial charge on any atom is -0.338 e. The van der Waals surface area contributed by atoms with Crippen LogP contribution >= 0.6 is 0 Å². The first-order valence-electron chi connectivity index (χ1n) is 10.5. The van der Waals surface area contributed by atoms with E-state index in [0.29, 0.717) is 17.7 Å². The first kappa shape index (κ1) is 20.3. The van der Waals surface area contributed by atoms with Gasteiger partial charge in [0.1, 0.15) is 5.82 Å². The van der Waals surface area contributed by atoms with Gasteiger partial charge < -0.3 is 15.1 Å². The maximum atomic E-state index is 4.84. The molecule has 0 radical (unpaired) electrons. The van der Waals surface area contributed by atoms with Crippen LogP contribution in [0.1, 0.15) is 35.5 Å². The normalized spacial score (nSPS) is 15.9. The molecule has 0 aliphatic carbocycles. The van der Waals surface area contributed by atoms with E-state index in [1.807, 2.05) is 13.0 Å². The summed E-state index contributed by atoms with van der Waals surface area (Å²) in [7, 11) is 2.15. The standard InChI is InChI=1S/C22H30N8/c1-15-7-5-6-8-18(15)16(2)13-19-23-21(24-20-14-17(3)27-28-20)26-22(25-19)30-11-9-29(4)10-12-30/h5-8,14,16H,9-13H2,1-4H3,(H2,23,24,25,26,27,28). The highest BCUT2D eigenvalue weighted by Gasteiger charge is 2.20. The van der Waals surface area contributed by atoms with Crippen LogP contribution in [0.4, 0.5) is 17.7 Å². The van der Waals surface area contributed by atoms with E-state index in [-0.39, 0.29) is 0 Å². The van der Waals surface area contributed by atoms with Gasteiger partial charge in [-0.1, -0.05) is 31.2 Å². The molecule has 8 nitrogen and oxygen atoms in total. The van der Waals surface area contributed by atoms with E-state index in [1.165, 1.54) is 11.1 Å². The number of aromatic nitrogens is 5. The highest BCUT2D eigenvalue weighted by atomic mass is 15.3. The quantitative estimate of drug-likeness (QED) is 0.651. The Morgan fingerprint density at radius 3 is 2.53 bits per heavy atom. The van der Waals surface area contributed by atoms with Gasteiger partial charge in [-0.2, -0.15) is 20.1 Å². The van der Waals surface area contributed by atoms with Gasteiger partial charge in [-0.05, 0) is 37.9 Å². The summed E-state index contributed by atoms with van der Waals surface area (Å²) in [5, 5.41) is 10.4. The number of benzene rings is 1. The molecule has 1 aromatic carbocycles. The zero-order valence-corrected chi connectivity index (χ0v) is 18.2. The third-order valence-electron chi connectivity index (χ3n) is 5.61. The molecule has 8 heteroatoms. The van der Waals surface area contributed by atoms with Gasteiger partial charge in [0, 0.05) is 44.4 Å². The molecular weight excluding hydrogens is 376 g/mol. The zero-order chi connectivity index (χ0) is 21.1. The van der Waals surface area contributed by atoms with E-state index in [1.54, 1.807) is 0 Å². The minimum atomic E-state index is 0.314. The monoisotopic (exact) mass is 406 g/mol. The highest BCUT2D eigenvalue weighted by molar-refractivity contribution is 5.50. The van der Waals surface area contributed by atoms with Crippen molar-refractivity contribution in [2.24, 2.45) is 0 Å². The summed E-state index contributed by atoms with van der Waals surface area (Å²) in [5.74, 6) is 3.09. The van der Waals surface area contributed by atoms with Crippen molar-refractivity contribution < 1.29 is 0 Å². The smallest absolute Gasteiger partial charge is 0.233 e. The molecule has 1 atom stereocenters. The first-order valence-corrected chi connectivity index (χ1v) is 10.5. The number of nitrogens with zero attached hydrogens (tertiary/aromatic N) is 6. The van der Waals surface area contributed by atoms with Crippen molar-refractivity contribution in [2.45, 2.75) is 33.1 Å². The summed E-state index contributed by atoms with van der Waals surface area (Å²) in [6, 6.07) is 10.5. The number of H-pyrrole nitrogens is 1. The lowest BCUT2D eigenvalue weighted by Crippen LogP contribution is -2.45. The van der Waals surface area contributed by atoms with Crippen molar-refractivity contribution in [2.75, 3.05) is 43.4 Å². The van der Waals surface area contributed by atoms with Crippen LogP contribution in [0, 0.1) is 13.8 Å². The summed E-state index contributed by atoms with van der Waals surface area (Å²) in [6.07, 6.45) is 0.752. The zero-order valence-electron chi connectivity index (χ0n) is 18.2. The average Bonchev–Trinajstić information content (AvgIpc) is 3.13. The topological polar surface area (TPSA) is 85.9 Å². The molecule has 4 rings (SSSR count). The van der Waals surface area contributed by atoms with Gasteiger partial charge in [-0.25, -0.2) is 0 Å². The van der Waals surface area contributed by atoms with Crippen molar-refractivity contribution in [3.05, 3.63) is 53.0 Å². The van der Waals surface area contributed by atoms with Crippen LogP contribution in [0.25, 0.3) is 0 Å². The van der Waals surface area contributed by atoms with Crippen molar-refractivity contribution >= 4 is 17.7 Å². The van der Waals surface area contributed by atoms with Crippen LogP contribution in [-0.2, 0) is 6.42 Å². The summed E-state index contributed by atoms with van der Waals surface area (Å²) >= 11 is 0. The summed E-state index contributed by atoms with van der Waals surface area (Å²) < 4.78 is 0. The second kappa shape index (κ2) is 8.79. The number of anilines is 3. The van der Waals surface area contributed by atoms with E-state index >= 15 is 0 Å². The van der Waals surface area contributed by atoms with E-state index in [9.17, 15) is 0 Å². The molecule has 1 saturated heterocycles. The SMILES string of the molecule is Cc1cc(Nc2nc(CC(C)c3ccccc3C)nc(N3CCN(C)CC3)n2)n[nH]1. The molecule has 1 unspecified atom stereocenters. The summed E-state index contributed by atoms with van der Waals surface area (Å²) in [5.41, 5.74) is 3.61. The van der Waals surface area contributed by atoms with Crippen molar-refractivity contribution in [1.29, 1.82) is 0 Å². The van der Waals surface area contributed by atoms with Crippen LogP contribution in [0.5, 0.6) is 0 Å². The number of likely N-dealkylation sites (N-methyl/N-ethyl adjacent to an activating group) is 1. The minimum absolute atomic E-state index is 0.314. The van der Waals surface area contributed by atoms with Crippen molar-refractivity contribution in [3.8, 4) is 0 Å². The van der Waals surface area contributed by atoms with Crippen LogP contribution < -0.4 is 10.2 Å². The Bertz CT molecular complexity index is 990. The van der Waals surface area contributed by atoms with Crippen LogP contribution in [0.2, 0.25) is 0 Å². The number of aromatic amines is 1. The fourth-order valence-corrected chi connectivity index (χ4v) is 3.82. The number of piperazine rings is 1. The van der Waals surface area contributed by atoms with Gasteiger partial charge in [0.2, 0.25) is 11.9 Å². The Kier molecular flexibility index (Phi) is 5.94. The van der Waals surface area contributed by atoms with E-state index in [0.717, 1.165) is 50.1 Å². The molecule has 3 heterocycles. The second-order valence-corrected chi connectivity index (χ2v) is 8.19. The molecule has 1 aliphatic heterocycles. The third kappa shape index (κ3) is 4.76. The Morgan fingerprint density at radius 1 is 1.07 bits per heavy atom. The molecule has 2 N–H and O–H groups in total.